The van der Waals surface area contributed by atoms with Crippen molar-refractivity contribution in [3.05, 3.63) is 17.7 Å². The highest BCUT2D eigenvalue weighted by Gasteiger charge is 2.21. The lowest BCUT2D eigenvalue weighted by Gasteiger charge is -2.15. The smallest absolute Gasteiger partial charge is 0.203 e. The van der Waals surface area contributed by atoms with Gasteiger partial charge < -0.3 is 25.3 Å². The van der Waals surface area contributed by atoms with Crippen LogP contribution in [0.4, 0.5) is 0 Å². The van der Waals surface area contributed by atoms with Gasteiger partial charge in [-0.05, 0) is 25.0 Å². The summed E-state index contributed by atoms with van der Waals surface area (Å²) in [6, 6.07) is 4.22. The van der Waals surface area contributed by atoms with Gasteiger partial charge in [-0.3, -0.25) is 0 Å². The third-order valence-electron chi connectivity index (χ3n) is 3.13. The second-order valence-corrected chi connectivity index (χ2v) is 4.61. The Labute approximate surface area is 118 Å². The lowest BCUT2D eigenvalue weighted by atomic mass is 10.1. The molecule has 1 aromatic carbocycles. The number of benzene rings is 1. The lowest BCUT2D eigenvalue weighted by molar-refractivity contribution is 0.322. The Hall–Kier alpha value is -2.11. The van der Waals surface area contributed by atoms with E-state index in [0.29, 0.717) is 35.8 Å². The largest absolute Gasteiger partial charge is 0.493 e. The fraction of sp³-hybridized carbons (Fsp3) is 0.500. The van der Waals surface area contributed by atoms with Gasteiger partial charge in [0.1, 0.15) is 0 Å². The van der Waals surface area contributed by atoms with Crippen molar-refractivity contribution in [2.45, 2.75) is 25.4 Å². The van der Waals surface area contributed by atoms with E-state index in [0.717, 1.165) is 18.4 Å². The molecule has 0 spiro atoms. The summed E-state index contributed by atoms with van der Waals surface area (Å²) >= 11 is 0. The van der Waals surface area contributed by atoms with Crippen LogP contribution >= 0.6 is 0 Å². The molecule has 0 atom stereocenters. The maximum atomic E-state index is 5.82. The molecule has 0 heterocycles. The van der Waals surface area contributed by atoms with Crippen molar-refractivity contribution in [2.24, 2.45) is 10.7 Å². The Morgan fingerprint density at radius 1 is 1.20 bits per heavy atom. The van der Waals surface area contributed by atoms with E-state index in [9.17, 15) is 0 Å². The van der Waals surface area contributed by atoms with Gasteiger partial charge in [0, 0.05) is 11.6 Å². The topological polar surface area (TPSA) is 78.1 Å². The van der Waals surface area contributed by atoms with Gasteiger partial charge in [-0.25, -0.2) is 4.99 Å². The quantitative estimate of drug-likeness (QED) is 0.606. The van der Waals surface area contributed by atoms with E-state index in [1.165, 1.54) is 0 Å². The van der Waals surface area contributed by atoms with E-state index >= 15 is 0 Å². The number of ether oxygens (including phenoxy) is 3. The Balaban J connectivity index is 2.17. The van der Waals surface area contributed by atoms with Crippen molar-refractivity contribution in [1.82, 2.24) is 5.32 Å². The van der Waals surface area contributed by atoms with Crippen LogP contribution in [0.1, 0.15) is 18.4 Å². The zero-order valence-corrected chi connectivity index (χ0v) is 12.1. The normalized spacial score (nSPS) is 14.8. The summed E-state index contributed by atoms with van der Waals surface area (Å²) in [7, 11) is 4.76. The van der Waals surface area contributed by atoms with Crippen molar-refractivity contribution in [3.63, 3.8) is 0 Å². The molecule has 1 aliphatic carbocycles. The highest BCUT2D eigenvalue weighted by Crippen LogP contribution is 2.39. The molecule has 6 heteroatoms. The van der Waals surface area contributed by atoms with Crippen LogP contribution in [0.5, 0.6) is 17.2 Å². The molecule has 20 heavy (non-hydrogen) atoms. The van der Waals surface area contributed by atoms with Crippen molar-refractivity contribution >= 4 is 5.96 Å². The first-order valence-electron chi connectivity index (χ1n) is 6.54. The Bertz CT molecular complexity index is 499. The summed E-state index contributed by atoms with van der Waals surface area (Å²) in [5.41, 5.74) is 6.72. The van der Waals surface area contributed by atoms with E-state index in [1.54, 1.807) is 21.3 Å². The van der Waals surface area contributed by atoms with Gasteiger partial charge in [-0.1, -0.05) is 0 Å². The molecule has 0 aliphatic heterocycles. The molecule has 1 aliphatic rings. The molecule has 0 unspecified atom stereocenters. The first-order valence-corrected chi connectivity index (χ1v) is 6.54. The maximum absolute atomic E-state index is 5.82. The van der Waals surface area contributed by atoms with Crippen molar-refractivity contribution in [3.8, 4) is 17.2 Å². The van der Waals surface area contributed by atoms with Crippen LogP contribution in [0.3, 0.4) is 0 Å². The lowest BCUT2D eigenvalue weighted by Crippen LogP contribution is -2.33. The summed E-state index contributed by atoms with van der Waals surface area (Å²) in [5, 5.41) is 3.14. The predicted octanol–water partition coefficient (Wildman–Crippen LogP) is 1.28. The number of methoxy groups -OCH3 is 3. The highest BCUT2D eigenvalue weighted by atomic mass is 16.5. The molecule has 0 saturated heterocycles. The fourth-order valence-corrected chi connectivity index (χ4v) is 1.94. The van der Waals surface area contributed by atoms with Gasteiger partial charge in [-0.2, -0.15) is 0 Å². The number of hydrogen-bond acceptors (Lipinski definition) is 4. The van der Waals surface area contributed by atoms with Crippen LogP contribution in [0.25, 0.3) is 0 Å². The summed E-state index contributed by atoms with van der Waals surface area (Å²) in [5.74, 6) is 2.27. The number of rotatable bonds is 6. The minimum atomic E-state index is 0.426. The molecule has 3 N–H and O–H groups in total. The van der Waals surface area contributed by atoms with E-state index in [2.05, 4.69) is 10.3 Å². The number of guanidine groups is 1. The zero-order chi connectivity index (χ0) is 14.5. The SMILES string of the molecule is COc1ccc(CN=C(N)NC2CC2)c(OC)c1OC. The van der Waals surface area contributed by atoms with Crippen LogP contribution in [-0.2, 0) is 6.54 Å². The number of hydrogen-bond donors (Lipinski definition) is 2. The average Bonchev–Trinajstić information content (AvgIpc) is 3.27. The van der Waals surface area contributed by atoms with E-state index in [1.807, 2.05) is 12.1 Å². The first-order chi connectivity index (χ1) is 9.69. The van der Waals surface area contributed by atoms with Crippen molar-refractivity contribution in [1.29, 1.82) is 0 Å². The standard InChI is InChI=1S/C14H21N3O3/c1-18-11-7-4-9(12(19-2)13(11)20-3)8-16-14(15)17-10-5-6-10/h4,7,10H,5-6,8H2,1-3H3,(H3,15,16,17). The van der Waals surface area contributed by atoms with E-state index in [-0.39, 0.29) is 0 Å². The molecule has 1 aromatic rings. The van der Waals surface area contributed by atoms with Crippen LogP contribution in [0, 0.1) is 0 Å². The first kappa shape index (κ1) is 14.3. The zero-order valence-electron chi connectivity index (χ0n) is 12.1. The van der Waals surface area contributed by atoms with E-state index < -0.39 is 0 Å². The predicted molar refractivity (Wildman–Crippen MR) is 77.6 cm³/mol. The van der Waals surface area contributed by atoms with Crippen molar-refractivity contribution in [2.75, 3.05) is 21.3 Å². The number of aliphatic imine (C=N–C) groups is 1. The van der Waals surface area contributed by atoms with Crippen LogP contribution in [-0.4, -0.2) is 33.3 Å². The second kappa shape index (κ2) is 6.36. The van der Waals surface area contributed by atoms with Gasteiger partial charge in [0.25, 0.3) is 0 Å². The molecule has 0 aromatic heterocycles. The second-order valence-electron chi connectivity index (χ2n) is 4.61. The molecule has 2 rings (SSSR count). The fourth-order valence-electron chi connectivity index (χ4n) is 1.94. The highest BCUT2D eigenvalue weighted by molar-refractivity contribution is 5.78. The van der Waals surface area contributed by atoms with E-state index in [4.69, 9.17) is 19.9 Å². The average molecular weight is 279 g/mol. The molecular formula is C14H21N3O3. The Morgan fingerprint density at radius 2 is 1.90 bits per heavy atom. The third kappa shape index (κ3) is 3.26. The molecule has 0 radical (unpaired) electrons. The third-order valence-corrected chi connectivity index (χ3v) is 3.13. The van der Waals surface area contributed by atoms with Gasteiger partial charge >= 0.3 is 0 Å². The Morgan fingerprint density at radius 3 is 2.45 bits per heavy atom. The maximum Gasteiger partial charge on any atom is 0.203 e. The summed E-state index contributed by atoms with van der Waals surface area (Å²) in [6.07, 6.45) is 2.33. The van der Waals surface area contributed by atoms with Gasteiger partial charge in [0.2, 0.25) is 5.75 Å². The summed E-state index contributed by atoms with van der Waals surface area (Å²) < 4.78 is 16.0. The Kier molecular flexibility index (Phi) is 4.55. The van der Waals surface area contributed by atoms with Gasteiger partial charge in [0.15, 0.2) is 17.5 Å². The summed E-state index contributed by atoms with van der Waals surface area (Å²) in [6.45, 7) is 0.426. The molecule has 110 valence electrons. The van der Waals surface area contributed by atoms with Crippen molar-refractivity contribution < 1.29 is 14.2 Å². The summed E-state index contributed by atoms with van der Waals surface area (Å²) in [4.78, 5) is 4.32. The molecular weight excluding hydrogens is 258 g/mol. The molecule has 0 bridgehead atoms. The molecule has 6 nitrogen and oxygen atoms in total. The number of nitrogens with two attached hydrogens (primary N) is 1. The molecule has 1 fully saturated rings. The molecule has 1 saturated carbocycles. The number of nitrogens with zero attached hydrogens (tertiary/aromatic N) is 1. The monoisotopic (exact) mass is 279 g/mol. The van der Waals surface area contributed by atoms with Crippen LogP contribution < -0.4 is 25.3 Å². The van der Waals surface area contributed by atoms with Crippen LogP contribution in [0.15, 0.2) is 17.1 Å². The minimum Gasteiger partial charge on any atom is -0.493 e. The number of nitrogens with one attached hydrogen (secondary N) is 1. The molecule has 0 amide bonds. The van der Waals surface area contributed by atoms with Crippen LogP contribution in [0.2, 0.25) is 0 Å². The van der Waals surface area contributed by atoms with Gasteiger partial charge in [0.05, 0.1) is 27.9 Å². The van der Waals surface area contributed by atoms with Gasteiger partial charge in [-0.15, -0.1) is 0 Å². The minimum absolute atomic E-state index is 0.426.